The highest BCUT2D eigenvalue weighted by atomic mass is 32.2. The van der Waals surface area contributed by atoms with E-state index in [1.54, 1.807) is 24.3 Å². The molecule has 4 heteroatoms. The first kappa shape index (κ1) is 13.4. The summed E-state index contributed by atoms with van der Waals surface area (Å²) >= 11 is 1.49. The Morgan fingerprint density at radius 3 is 2.20 bits per heavy atom. The Kier molecular flexibility index (Phi) is 7.01. The molecule has 0 saturated carbocycles. The summed E-state index contributed by atoms with van der Waals surface area (Å²) in [7, 11) is 0. The van der Waals surface area contributed by atoms with E-state index in [4.69, 9.17) is 17.2 Å². The van der Waals surface area contributed by atoms with Gasteiger partial charge < -0.3 is 17.2 Å². The first-order valence-corrected chi connectivity index (χ1v) is 5.34. The fourth-order valence-corrected chi connectivity index (χ4v) is 1.43. The molecule has 0 heterocycles. The smallest absolute Gasteiger partial charge is 0.0934 e. The van der Waals surface area contributed by atoms with Crippen LogP contribution in [-0.2, 0) is 0 Å². The average molecular weight is 223 g/mol. The van der Waals surface area contributed by atoms with Crippen molar-refractivity contribution < 1.29 is 0 Å². The maximum atomic E-state index is 5.70. The summed E-state index contributed by atoms with van der Waals surface area (Å²) in [5.41, 5.74) is 17.3. The molecule has 0 fully saturated rings. The lowest BCUT2D eigenvalue weighted by Crippen LogP contribution is -2.07. The third-order valence-electron chi connectivity index (χ3n) is 1.44. The Labute approximate surface area is 95.1 Å². The molecule has 0 atom stereocenters. The molecule has 0 aromatic carbocycles. The normalized spacial score (nSPS) is 12.0. The van der Waals surface area contributed by atoms with Gasteiger partial charge in [0.15, 0.2) is 0 Å². The van der Waals surface area contributed by atoms with Gasteiger partial charge in [0.05, 0.1) is 10.9 Å². The topological polar surface area (TPSA) is 78.1 Å². The van der Waals surface area contributed by atoms with Crippen molar-refractivity contribution in [1.82, 2.24) is 0 Å². The lowest BCUT2D eigenvalue weighted by Gasteiger charge is -2.01. The van der Waals surface area contributed by atoms with Gasteiger partial charge in [-0.2, -0.15) is 0 Å². The Balaban J connectivity index is 4.20. The molecule has 0 spiro atoms. The van der Waals surface area contributed by atoms with Crippen LogP contribution < -0.4 is 17.2 Å². The van der Waals surface area contributed by atoms with Crippen molar-refractivity contribution in [3.8, 4) is 0 Å². The van der Waals surface area contributed by atoms with Crippen molar-refractivity contribution in [2.45, 2.75) is 0 Å². The quantitative estimate of drug-likeness (QED) is 0.597. The van der Waals surface area contributed by atoms with E-state index in [1.807, 2.05) is 6.08 Å². The van der Waals surface area contributed by atoms with Gasteiger partial charge in [-0.3, -0.25) is 0 Å². The van der Waals surface area contributed by atoms with E-state index in [2.05, 4.69) is 13.2 Å². The third kappa shape index (κ3) is 7.52. The molecule has 0 radical (unpaired) electrons. The lowest BCUT2D eigenvalue weighted by atomic mass is 10.3. The first-order valence-electron chi connectivity index (χ1n) is 4.35. The van der Waals surface area contributed by atoms with E-state index in [9.17, 15) is 0 Å². The van der Waals surface area contributed by atoms with Gasteiger partial charge in [0, 0.05) is 5.75 Å². The summed E-state index contributed by atoms with van der Waals surface area (Å²) in [6.07, 6.45) is 8.62. The molecule has 15 heavy (non-hydrogen) atoms. The molecular weight excluding hydrogens is 206 g/mol. The number of hydrogen-bond acceptors (Lipinski definition) is 4. The number of rotatable bonds is 6. The molecule has 0 aromatic heterocycles. The number of allylic oxidation sites excluding steroid dienone is 5. The predicted octanol–water partition coefficient (Wildman–Crippen LogP) is 1.58. The molecule has 0 unspecified atom stereocenters. The van der Waals surface area contributed by atoms with Gasteiger partial charge in [-0.25, -0.2) is 0 Å². The third-order valence-corrected chi connectivity index (χ3v) is 2.39. The highest BCUT2D eigenvalue weighted by Crippen LogP contribution is 2.14. The van der Waals surface area contributed by atoms with Crippen molar-refractivity contribution in [2.24, 2.45) is 17.2 Å². The van der Waals surface area contributed by atoms with Crippen molar-refractivity contribution in [3.63, 3.8) is 0 Å². The van der Waals surface area contributed by atoms with E-state index in [0.29, 0.717) is 5.03 Å². The van der Waals surface area contributed by atoms with E-state index in [0.717, 1.165) is 11.3 Å². The van der Waals surface area contributed by atoms with Gasteiger partial charge in [-0.05, 0) is 17.7 Å². The van der Waals surface area contributed by atoms with Crippen molar-refractivity contribution in [1.29, 1.82) is 0 Å². The highest BCUT2D eigenvalue weighted by Gasteiger charge is 1.93. The summed E-state index contributed by atoms with van der Waals surface area (Å²) in [4.78, 5) is 0. The Morgan fingerprint density at radius 1 is 1.07 bits per heavy atom. The zero-order valence-electron chi connectivity index (χ0n) is 8.65. The van der Waals surface area contributed by atoms with Gasteiger partial charge in [0.2, 0.25) is 0 Å². The van der Waals surface area contributed by atoms with Crippen molar-refractivity contribution in [2.75, 3.05) is 5.75 Å². The fraction of sp³-hybridized carbons (Fsp3) is 0.0909. The zero-order valence-corrected chi connectivity index (χ0v) is 9.46. The standard InChI is InChI=1S/C11H17N3S/c1-3-5-9(4-2)8-15-11(14)7-6-10(12)13/h3-7H,1-2,8,12-14H2/b9-5+,11-7+. The second-order valence-corrected chi connectivity index (χ2v) is 3.75. The molecule has 0 saturated heterocycles. The summed E-state index contributed by atoms with van der Waals surface area (Å²) < 4.78 is 0. The second kappa shape index (κ2) is 7.82. The minimum Gasteiger partial charge on any atom is -0.394 e. The monoisotopic (exact) mass is 223 g/mol. The van der Waals surface area contributed by atoms with Crippen LogP contribution in [0.2, 0.25) is 0 Å². The highest BCUT2D eigenvalue weighted by molar-refractivity contribution is 8.03. The number of thioether (sulfide) groups is 1. The van der Waals surface area contributed by atoms with E-state index < -0.39 is 0 Å². The molecule has 0 amide bonds. The van der Waals surface area contributed by atoms with Crippen LogP contribution in [0.4, 0.5) is 0 Å². The lowest BCUT2D eigenvalue weighted by molar-refractivity contribution is 1.25. The number of nitrogens with two attached hydrogens (primary N) is 3. The van der Waals surface area contributed by atoms with Crippen molar-refractivity contribution in [3.05, 3.63) is 60.0 Å². The predicted molar refractivity (Wildman–Crippen MR) is 69.7 cm³/mol. The summed E-state index contributed by atoms with van der Waals surface area (Å²) in [6.45, 7) is 7.30. The largest absolute Gasteiger partial charge is 0.394 e. The molecule has 0 aromatic rings. The Bertz CT molecular complexity index is 310. The van der Waals surface area contributed by atoms with Crippen LogP contribution in [0.25, 0.3) is 0 Å². The van der Waals surface area contributed by atoms with E-state index in [-0.39, 0.29) is 5.82 Å². The maximum Gasteiger partial charge on any atom is 0.0934 e. The average Bonchev–Trinajstić information content (AvgIpc) is 2.21. The van der Waals surface area contributed by atoms with Crippen LogP contribution in [0.5, 0.6) is 0 Å². The first-order chi connectivity index (χ1) is 7.10. The Hall–Kier alpha value is -1.55. The second-order valence-electron chi connectivity index (χ2n) is 2.71. The molecule has 3 nitrogen and oxygen atoms in total. The molecule has 82 valence electrons. The molecule has 6 N–H and O–H groups in total. The van der Waals surface area contributed by atoms with Crippen LogP contribution >= 0.6 is 11.8 Å². The van der Waals surface area contributed by atoms with Crippen LogP contribution in [0, 0.1) is 0 Å². The minimum atomic E-state index is 0.240. The summed E-state index contributed by atoms with van der Waals surface area (Å²) in [5, 5.41) is 0.653. The van der Waals surface area contributed by atoms with E-state index in [1.165, 1.54) is 11.8 Å². The maximum absolute atomic E-state index is 5.70. The van der Waals surface area contributed by atoms with Crippen LogP contribution in [0.3, 0.4) is 0 Å². The molecule has 0 bridgehead atoms. The van der Waals surface area contributed by atoms with Crippen LogP contribution in [0.15, 0.2) is 60.0 Å². The van der Waals surface area contributed by atoms with Gasteiger partial charge in [-0.15, -0.1) is 11.8 Å². The summed E-state index contributed by atoms with van der Waals surface area (Å²) in [5.74, 6) is 0.986. The molecule has 0 aliphatic heterocycles. The van der Waals surface area contributed by atoms with Gasteiger partial charge in [-0.1, -0.05) is 31.4 Å². The van der Waals surface area contributed by atoms with Gasteiger partial charge >= 0.3 is 0 Å². The van der Waals surface area contributed by atoms with Gasteiger partial charge in [0.25, 0.3) is 0 Å². The molecule has 0 aliphatic rings. The molecular formula is C11H17N3S. The minimum absolute atomic E-state index is 0.240. The van der Waals surface area contributed by atoms with Gasteiger partial charge in [0.1, 0.15) is 0 Å². The molecule has 0 rings (SSSR count). The number of hydrogen-bond donors (Lipinski definition) is 3. The fourth-order valence-electron chi connectivity index (χ4n) is 0.720. The van der Waals surface area contributed by atoms with Crippen LogP contribution in [-0.4, -0.2) is 5.75 Å². The summed E-state index contributed by atoms with van der Waals surface area (Å²) in [6, 6.07) is 0. The molecule has 0 aliphatic carbocycles. The zero-order chi connectivity index (χ0) is 11.7. The van der Waals surface area contributed by atoms with Crippen molar-refractivity contribution >= 4 is 11.8 Å². The SMILES string of the molecule is C=C/C=C(\C=C)CS/C(N)=C/C=C(N)N. The van der Waals surface area contributed by atoms with Crippen LogP contribution in [0.1, 0.15) is 0 Å². The van der Waals surface area contributed by atoms with E-state index >= 15 is 0 Å². The Morgan fingerprint density at radius 2 is 1.73 bits per heavy atom.